The Kier molecular flexibility index (Phi) is 5.92. The van der Waals surface area contributed by atoms with Gasteiger partial charge in [0.25, 0.3) is 0 Å². The van der Waals surface area contributed by atoms with Gasteiger partial charge in [0.15, 0.2) is 0 Å². The van der Waals surface area contributed by atoms with E-state index in [9.17, 15) is 10.2 Å². The molecule has 0 saturated heterocycles. The van der Waals surface area contributed by atoms with Crippen LogP contribution < -0.4 is 9.47 Å². The SMILES string of the molecule is C=CC(C)(C)c1cc(C2COc3cc(O)ccc3C2)c(O)cc1OCC=C(C)C. The van der Waals surface area contributed by atoms with E-state index in [1.54, 1.807) is 18.2 Å². The summed E-state index contributed by atoms with van der Waals surface area (Å²) in [5, 5.41) is 20.4. The van der Waals surface area contributed by atoms with Crippen molar-refractivity contribution in [2.24, 2.45) is 0 Å². The first kappa shape index (κ1) is 20.8. The van der Waals surface area contributed by atoms with Gasteiger partial charge in [0.05, 0.1) is 6.61 Å². The van der Waals surface area contributed by atoms with Gasteiger partial charge in [-0.1, -0.05) is 31.6 Å². The van der Waals surface area contributed by atoms with Crippen molar-refractivity contribution >= 4 is 0 Å². The molecule has 0 amide bonds. The third-order valence-corrected chi connectivity index (χ3v) is 5.46. The fourth-order valence-electron chi connectivity index (χ4n) is 3.50. The molecule has 2 N–H and O–H groups in total. The zero-order chi connectivity index (χ0) is 21.2. The van der Waals surface area contributed by atoms with Gasteiger partial charge in [0, 0.05) is 34.6 Å². The van der Waals surface area contributed by atoms with E-state index in [0.717, 1.165) is 23.1 Å². The lowest BCUT2D eigenvalue weighted by molar-refractivity contribution is 0.258. The zero-order valence-electron chi connectivity index (χ0n) is 17.7. The van der Waals surface area contributed by atoms with Gasteiger partial charge in [-0.25, -0.2) is 0 Å². The summed E-state index contributed by atoms with van der Waals surface area (Å²) in [5.41, 5.74) is 3.70. The van der Waals surface area contributed by atoms with Crippen LogP contribution in [0.5, 0.6) is 23.0 Å². The molecule has 1 heterocycles. The molecule has 0 spiro atoms. The van der Waals surface area contributed by atoms with Crippen LogP contribution in [-0.2, 0) is 11.8 Å². The van der Waals surface area contributed by atoms with Gasteiger partial charge in [-0.2, -0.15) is 0 Å². The Morgan fingerprint density at radius 2 is 2.00 bits per heavy atom. The van der Waals surface area contributed by atoms with Crippen LogP contribution in [0.25, 0.3) is 0 Å². The molecule has 0 saturated carbocycles. The maximum absolute atomic E-state index is 10.8. The van der Waals surface area contributed by atoms with Gasteiger partial charge >= 0.3 is 0 Å². The lowest BCUT2D eigenvalue weighted by atomic mass is 9.80. The number of benzene rings is 2. The largest absolute Gasteiger partial charge is 0.508 e. The number of hydrogen-bond acceptors (Lipinski definition) is 4. The summed E-state index contributed by atoms with van der Waals surface area (Å²) in [6.45, 7) is 13.1. The molecule has 154 valence electrons. The second-order valence-electron chi connectivity index (χ2n) is 8.43. The van der Waals surface area contributed by atoms with Crippen molar-refractivity contribution in [3.63, 3.8) is 0 Å². The molecular weight excluding hydrogens is 364 g/mol. The fourth-order valence-corrected chi connectivity index (χ4v) is 3.50. The molecule has 0 bridgehead atoms. The first-order valence-electron chi connectivity index (χ1n) is 9.93. The van der Waals surface area contributed by atoms with E-state index in [-0.39, 0.29) is 22.8 Å². The number of rotatable bonds is 6. The Morgan fingerprint density at radius 1 is 1.24 bits per heavy atom. The van der Waals surface area contributed by atoms with Gasteiger partial charge in [-0.05, 0) is 44.0 Å². The number of fused-ring (bicyclic) bond motifs is 1. The molecule has 1 aliphatic heterocycles. The standard InChI is InChI=1S/C25H30O4/c1-6-25(4,5)21-13-20(22(27)14-24(21)28-10-9-16(2)3)18-11-17-7-8-19(26)12-23(17)29-15-18/h6-9,12-14,18,26-27H,1,10-11,15H2,2-5H3. The van der Waals surface area contributed by atoms with Gasteiger partial charge in [0.2, 0.25) is 0 Å². The molecular formula is C25H30O4. The predicted octanol–water partition coefficient (Wildman–Crippen LogP) is 5.63. The van der Waals surface area contributed by atoms with Gasteiger partial charge in [-0.3, -0.25) is 0 Å². The van der Waals surface area contributed by atoms with Crippen LogP contribution in [0.4, 0.5) is 0 Å². The first-order chi connectivity index (χ1) is 13.7. The molecule has 1 atom stereocenters. The summed E-state index contributed by atoms with van der Waals surface area (Å²) in [6, 6.07) is 8.91. The van der Waals surface area contributed by atoms with E-state index >= 15 is 0 Å². The highest BCUT2D eigenvalue weighted by atomic mass is 16.5. The second-order valence-corrected chi connectivity index (χ2v) is 8.43. The van der Waals surface area contributed by atoms with Crippen molar-refractivity contribution in [3.8, 4) is 23.0 Å². The summed E-state index contributed by atoms with van der Waals surface area (Å²) in [7, 11) is 0. The van der Waals surface area contributed by atoms with E-state index in [1.807, 2.05) is 38.1 Å². The minimum atomic E-state index is -0.317. The van der Waals surface area contributed by atoms with Crippen LogP contribution in [-0.4, -0.2) is 23.4 Å². The van der Waals surface area contributed by atoms with Crippen LogP contribution in [0.15, 0.2) is 54.6 Å². The monoisotopic (exact) mass is 394 g/mol. The predicted molar refractivity (Wildman–Crippen MR) is 116 cm³/mol. The van der Waals surface area contributed by atoms with Crippen LogP contribution in [0.3, 0.4) is 0 Å². The number of phenols is 2. The molecule has 2 aromatic rings. The molecule has 4 heteroatoms. The van der Waals surface area contributed by atoms with Crippen molar-refractivity contribution < 1.29 is 19.7 Å². The van der Waals surface area contributed by atoms with Crippen LogP contribution in [0.1, 0.15) is 50.3 Å². The Hall–Kier alpha value is -2.88. The number of aromatic hydroxyl groups is 2. The number of hydrogen-bond donors (Lipinski definition) is 2. The van der Waals surface area contributed by atoms with Crippen LogP contribution in [0, 0.1) is 0 Å². The third kappa shape index (κ3) is 4.58. The quantitative estimate of drug-likeness (QED) is 0.624. The highest BCUT2D eigenvalue weighted by Gasteiger charge is 2.28. The average molecular weight is 395 g/mol. The van der Waals surface area contributed by atoms with Gasteiger partial charge in [-0.15, -0.1) is 6.58 Å². The molecule has 0 aromatic heterocycles. The van der Waals surface area contributed by atoms with Crippen molar-refractivity contribution in [2.75, 3.05) is 13.2 Å². The van der Waals surface area contributed by atoms with Crippen LogP contribution in [0.2, 0.25) is 0 Å². The van der Waals surface area contributed by atoms with E-state index in [4.69, 9.17) is 9.47 Å². The molecule has 1 aliphatic rings. The summed E-state index contributed by atoms with van der Waals surface area (Å²) < 4.78 is 11.9. The molecule has 1 unspecified atom stereocenters. The number of ether oxygens (including phenoxy) is 2. The van der Waals surface area contributed by atoms with Crippen molar-refractivity contribution in [3.05, 3.63) is 71.3 Å². The molecule has 3 rings (SSSR count). The van der Waals surface area contributed by atoms with Crippen molar-refractivity contribution in [1.82, 2.24) is 0 Å². The molecule has 29 heavy (non-hydrogen) atoms. The van der Waals surface area contributed by atoms with Gasteiger partial charge in [0.1, 0.15) is 29.6 Å². The molecule has 0 aliphatic carbocycles. The van der Waals surface area contributed by atoms with Gasteiger partial charge < -0.3 is 19.7 Å². The fraction of sp³-hybridized carbons (Fsp3) is 0.360. The van der Waals surface area contributed by atoms with Crippen molar-refractivity contribution in [2.45, 2.75) is 45.4 Å². The Labute approximate surface area is 173 Å². The van der Waals surface area contributed by atoms with Crippen LogP contribution >= 0.6 is 0 Å². The molecule has 2 aromatic carbocycles. The van der Waals surface area contributed by atoms with E-state index in [0.29, 0.717) is 24.7 Å². The number of allylic oxidation sites excluding steroid dienone is 2. The first-order valence-corrected chi connectivity index (χ1v) is 9.93. The molecule has 0 radical (unpaired) electrons. The minimum absolute atomic E-state index is 0.0123. The van der Waals surface area contributed by atoms with E-state index in [2.05, 4.69) is 20.4 Å². The maximum Gasteiger partial charge on any atom is 0.127 e. The highest BCUT2D eigenvalue weighted by Crippen LogP contribution is 2.42. The lowest BCUT2D eigenvalue weighted by Crippen LogP contribution is -2.21. The average Bonchev–Trinajstić information content (AvgIpc) is 2.67. The third-order valence-electron chi connectivity index (χ3n) is 5.46. The summed E-state index contributed by atoms with van der Waals surface area (Å²) >= 11 is 0. The Bertz CT molecular complexity index is 936. The normalized spacial score (nSPS) is 15.8. The summed E-state index contributed by atoms with van der Waals surface area (Å²) in [4.78, 5) is 0. The Balaban J connectivity index is 1.97. The van der Waals surface area contributed by atoms with E-state index in [1.165, 1.54) is 5.57 Å². The molecule has 0 fully saturated rings. The summed E-state index contributed by atoms with van der Waals surface area (Å²) in [5.74, 6) is 1.78. The smallest absolute Gasteiger partial charge is 0.127 e. The Morgan fingerprint density at radius 3 is 2.69 bits per heavy atom. The molecule has 4 nitrogen and oxygen atoms in total. The summed E-state index contributed by atoms with van der Waals surface area (Å²) in [6.07, 6.45) is 4.64. The number of phenolic OH excluding ortho intramolecular Hbond substituents is 2. The highest BCUT2D eigenvalue weighted by molar-refractivity contribution is 5.53. The second kappa shape index (κ2) is 8.24. The van der Waals surface area contributed by atoms with Crippen molar-refractivity contribution in [1.29, 1.82) is 0 Å². The maximum atomic E-state index is 10.8. The minimum Gasteiger partial charge on any atom is -0.508 e. The van der Waals surface area contributed by atoms with E-state index < -0.39 is 0 Å². The lowest BCUT2D eigenvalue weighted by Gasteiger charge is -2.29. The zero-order valence-corrected chi connectivity index (χ0v) is 17.7. The topological polar surface area (TPSA) is 58.9 Å².